The van der Waals surface area contributed by atoms with Crippen molar-refractivity contribution in [2.45, 2.75) is 12.8 Å². The van der Waals surface area contributed by atoms with Crippen LogP contribution in [0.4, 0.5) is 11.4 Å². The van der Waals surface area contributed by atoms with Crippen molar-refractivity contribution < 1.29 is 9.32 Å². The van der Waals surface area contributed by atoms with Crippen molar-refractivity contribution in [2.24, 2.45) is 4.99 Å². The monoisotopic (exact) mass is 387 g/mol. The third-order valence-corrected chi connectivity index (χ3v) is 4.01. The highest BCUT2D eigenvalue weighted by atomic mass is 35.5. The molecule has 1 amide bonds. The van der Waals surface area contributed by atoms with Crippen molar-refractivity contribution in [1.29, 1.82) is 0 Å². The molecule has 1 N–H and O–H groups in total. The second-order valence-corrected chi connectivity index (χ2v) is 6.48. The van der Waals surface area contributed by atoms with Gasteiger partial charge in [-0.25, -0.2) is 0 Å². The predicted octanol–water partition coefficient (Wildman–Crippen LogP) is 5.41. The number of nitrogens with one attached hydrogen (secondary N) is 1. The van der Waals surface area contributed by atoms with Crippen molar-refractivity contribution in [1.82, 2.24) is 5.16 Å². The van der Waals surface area contributed by atoms with E-state index in [1.54, 1.807) is 61.5 Å². The standard InChI is InChI=1S/C19H15Cl2N3O2/c1-12-9-18(26-24-12)17(11-22-16-4-2-3-14(21)10-16)19(25)23-15-7-5-13(20)6-8-15/h2-11,17H,1H3,(H,23,25). The van der Waals surface area contributed by atoms with Gasteiger partial charge in [-0.05, 0) is 49.4 Å². The van der Waals surface area contributed by atoms with Crippen LogP contribution in [0.25, 0.3) is 0 Å². The van der Waals surface area contributed by atoms with Gasteiger partial charge in [-0.3, -0.25) is 9.79 Å². The maximum absolute atomic E-state index is 12.7. The molecule has 3 aromatic rings. The fourth-order valence-corrected chi connectivity index (χ4v) is 2.58. The molecular weight excluding hydrogens is 373 g/mol. The zero-order valence-corrected chi connectivity index (χ0v) is 15.3. The lowest BCUT2D eigenvalue weighted by atomic mass is 10.1. The molecular formula is C19H15Cl2N3O2. The second-order valence-electron chi connectivity index (χ2n) is 5.60. The van der Waals surface area contributed by atoms with Gasteiger partial charge in [-0.2, -0.15) is 0 Å². The number of halogens is 2. The molecule has 1 unspecified atom stereocenters. The summed E-state index contributed by atoms with van der Waals surface area (Å²) in [6.07, 6.45) is 1.51. The maximum atomic E-state index is 12.7. The third-order valence-electron chi connectivity index (χ3n) is 3.53. The predicted molar refractivity (Wildman–Crippen MR) is 104 cm³/mol. The number of nitrogens with zero attached hydrogens (tertiary/aromatic N) is 2. The number of carbonyl (C=O) groups excluding carboxylic acids is 1. The van der Waals surface area contributed by atoms with Gasteiger partial charge in [0.05, 0.1) is 11.4 Å². The molecule has 3 rings (SSSR count). The normalized spacial score (nSPS) is 12.3. The van der Waals surface area contributed by atoms with Gasteiger partial charge in [0, 0.05) is 28.0 Å². The smallest absolute Gasteiger partial charge is 0.240 e. The fourth-order valence-electron chi connectivity index (χ4n) is 2.27. The van der Waals surface area contributed by atoms with E-state index in [0.29, 0.717) is 32.9 Å². The average molecular weight is 388 g/mol. The molecule has 0 bridgehead atoms. The van der Waals surface area contributed by atoms with Crippen molar-refractivity contribution in [3.63, 3.8) is 0 Å². The molecule has 0 aliphatic carbocycles. The summed E-state index contributed by atoms with van der Waals surface area (Å²) in [5.41, 5.74) is 1.94. The Morgan fingerprint density at radius 2 is 1.92 bits per heavy atom. The number of amides is 1. The minimum Gasteiger partial charge on any atom is -0.360 e. The summed E-state index contributed by atoms with van der Waals surface area (Å²) in [4.78, 5) is 17.1. The van der Waals surface area contributed by atoms with Crippen LogP contribution in [0.1, 0.15) is 17.4 Å². The van der Waals surface area contributed by atoms with Gasteiger partial charge < -0.3 is 9.84 Å². The highest BCUT2D eigenvalue weighted by Gasteiger charge is 2.23. The maximum Gasteiger partial charge on any atom is 0.240 e. The van der Waals surface area contributed by atoms with Crippen molar-refractivity contribution in [2.75, 3.05) is 5.32 Å². The Labute approximate surface area is 160 Å². The quantitative estimate of drug-likeness (QED) is 0.594. The molecule has 0 aliphatic rings. The first-order chi connectivity index (χ1) is 12.5. The van der Waals surface area contributed by atoms with Gasteiger partial charge in [-0.1, -0.05) is 34.4 Å². The summed E-state index contributed by atoms with van der Waals surface area (Å²) in [7, 11) is 0. The Morgan fingerprint density at radius 3 is 2.58 bits per heavy atom. The fraction of sp³-hybridized carbons (Fsp3) is 0.105. The first-order valence-electron chi connectivity index (χ1n) is 7.80. The first-order valence-corrected chi connectivity index (χ1v) is 8.56. The van der Waals surface area contributed by atoms with Crippen LogP contribution in [0.2, 0.25) is 10.0 Å². The van der Waals surface area contributed by atoms with Crippen LogP contribution < -0.4 is 5.32 Å². The molecule has 0 fully saturated rings. The molecule has 132 valence electrons. The molecule has 0 saturated carbocycles. The van der Waals surface area contributed by atoms with E-state index in [0.717, 1.165) is 0 Å². The Morgan fingerprint density at radius 1 is 1.15 bits per heavy atom. The van der Waals surface area contributed by atoms with E-state index in [9.17, 15) is 4.79 Å². The number of aromatic nitrogens is 1. The average Bonchev–Trinajstić information content (AvgIpc) is 3.03. The van der Waals surface area contributed by atoms with Crippen LogP contribution in [0, 0.1) is 6.92 Å². The molecule has 1 heterocycles. The Bertz CT molecular complexity index is 936. The summed E-state index contributed by atoms with van der Waals surface area (Å²) < 4.78 is 5.27. The number of aliphatic imine (C=N–C) groups is 1. The molecule has 1 atom stereocenters. The zero-order chi connectivity index (χ0) is 18.5. The van der Waals surface area contributed by atoms with Gasteiger partial charge >= 0.3 is 0 Å². The number of aryl methyl sites for hydroxylation is 1. The van der Waals surface area contributed by atoms with E-state index in [4.69, 9.17) is 27.7 Å². The van der Waals surface area contributed by atoms with E-state index in [-0.39, 0.29) is 5.91 Å². The number of benzene rings is 2. The van der Waals surface area contributed by atoms with Crippen LogP contribution in [-0.4, -0.2) is 17.3 Å². The minimum absolute atomic E-state index is 0.297. The molecule has 0 aliphatic heterocycles. The van der Waals surface area contributed by atoms with Gasteiger partial charge in [0.15, 0.2) is 5.76 Å². The number of rotatable bonds is 5. The summed E-state index contributed by atoms with van der Waals surface area (Å²) in [5.74, 6) is -0.639. The third kappa shape index (κ3) is 4.71. The topological polar surface area (TPSA) is 67.5 Å². The van der Waals surface area contributed by atoms with Gasteiger partial charge in [0.1, 0.15) is 5.92 Å². The molecule has 0 spiro atoms. The van der Waals surface area contributed by atoms with E-state index in [2.05, 4.69) is 15.5 Å². The van der Waals surface area contributed by atoms with E-state index >= 15 is 0 Å². The van der Waals surface area contributed by atoms with Gasteiger partial charge in [0.25, 0.3) is 0 Å². The number of hydrogen-bond donors (Lipinski definition) is 1. The largest absolute Gasteiger partial charge is 0.360 e. The summed E-state index contributed by atoms with van der Waals surface area (Å²) in [5, 5.41) is 7.83. The lowest BCUT2D eigenvalue weighted by Crippen LogP contribution is -2.22. The van der Waals surface area contributed by atoms with Gasteiger partial charge in [0.2, 0.25) is 5.91 Å². The minimum atomic E-state index is -0.745. The number of hydrogen-bond acceptors (Lipinski definition) is 4. The van der Waals surface area contributed by atoms with Crippen molar-refractivity contribution in [3.05, 3.63) is 76.1 Å². The summed E-state index contributed by atoms with van der Waals surface area (Å²) in [6, 6.07) is 15.6. The zero-order valence-electron chi connectivity index (χ0n) is 13.8. The second kappa shape index (κ2) is 8.17. The molecule has 1 aromatic heterocycles. The van der Waals surface area contributed by atoms with Crippen LogP contribution in [0.15, 0.2) is 64.1 Å². The van der Waals surface area contributed by atoms with Crippen molar-refractivity contribution >= 4 is 46.7 Å². The van der Waals surface area contributed by atoms with Crippen molar-refractivity contribution in [3.8, 4) is 0 Å². The Hall–Kier alpha value is -2.63. The van der Waals surface area contributed by atoms with Crippen LogP contribution in [-0.2, 0) is 4.79 Å². The number of anilines is 1. The highest BCUT2D eigenvalue weighted by molar-refractivity contribution is 6.31. The summed E-state index contributed by atoms with van der Waals surface area (Å²) in [6.45, 7) is 1.79. The lowest BCUT2D eigenvalue weighted by molar-refractivity contribution is -0.116. The molecule has 7 heteroatoms. The Balaban J connectivity index is 1.85. The number of carbonyl (C=O) groups is 1. The molecule has 26 heavy (non-hydrogen) atoms. The van der Waals surface area contributed by atoms with Crippen LogP contribution in [0.5, 0.6) is 0 Å². The molecule has 0 radical (unpaired) electrons. The SMILES string of the molecule is Cc1cc(C(C=Nc2cccc(Cl)c2)C(=O)Nc2ccc(Cl)cc2)on1. The van der Waals surface area contributed by atoms with Crippen LogP contribution in [0.3, 0.4) is 0 Å². The highest BCUT2D eigenvalue weighted by Crippen LogP contribution is 2.22. The van der Waals surface area contributed by atoms with Crippen LogP contribution >= 0.6 is 23.2 Å². The molecule has 5 nitrogen and oxygen atoms in total. The summed E-state index contributed by atoms with van der Waals surface area (Å²) >= 11 is 11.8. The van der Waals surface area contributed by atoms with E-state index in [1.807, 2.05) is 0 Å². The lowest BCUT2D eigenvalue weighted by Gasteiger charge is -2.10. The first kappa shape index (κ1) is 18.2. The molecule has 2 aromatic carbocycles. The van der Waals surface area contributed by atoms with E-state index in [1.165, 1.54) is 6.21 Å². The van der Waals surface area contributed by atoms with E-state index < -0.39 is 5.92 Å². The Kier molecular flexibility index (Phi) is 5.71. The van der Waals surface area contributed by atoms with Gasteiger partial charge in [-0.15, -0.1) is 0 Å². The molecule has 0 saturated heterocycles.